The standard InChI is InChI=1S/C29H33NO4S2/c1-4-34-29(33)27(19-35-17-22-14-12-20(2)13-15-22)30-28(32)25(18-36-21(3)31)16-24-10-7-9-23-8-5-6-11-26(23)24/h5-15,25,27H,4,16-19H2,1-3H3,(H,30,32)/t25?,27-/m0/s1. The van der Waals surface area contributed by atoms with Crippen LogP contribution in [0.1, 0.15) is 30.5 Å². The Balaban J connectivity index is 1.73. The molecule has 0 aliphatic heterocycles. The molecule has 0 fully saturated rings. The lowest BCUT2D eigenvalue weighted by Crippen LogP contribution is -2.47. The topological polar surface area (TPSA) is 72.5 Å². The molecule has 3 aromatic rings. The Kier molecular flexibility index (Phi) is 10.9. The van der Waals surface area contributed by atoms with Crippen LogP contribution in [-0.2, 0) is 31.3 Å². The van der Waals surface area contributed by atoms with Gasteiger partial charge in [-0.05, 0) is 42.2 Å². The van der Waals surface area contributed by atoms with E-state index in [2.05, 4.69) is 29.6 Å². The lowest BCUT2D eigenvalue weighted by molar-refractivity contribution is -0.147. The first-order valence-electron chi connectivity index (χ1n) is 12.1. The van der Waals surface area contributed by atoms with Crippen LogP contribution in [-0.4, -0.2) is 41.1 Å². The van der Waals surface area contributed by atoms with Gasteiger partial charge in [-0.1, -0.05) is 84.1 Å². The number of carbonyl (C=O) groups excluding carboxylic acids is 3. The summed E-state index contributed by atoms with van der Waals surface area (Å²) in [6.45, 7) is 5.54. The van der Waals surface area contributed by atoms with Crippen LogP contribution in [0.15, 0.2) is 66.7 Å². The van der Waals surface area contributed by atoms with E-state index in [0.717, 1.165) is 39.4 Å². The van der Waals surface area contributed by atoms with E-state index in [1.54, 1.807) is 18.7 Å². The molecule has 0 radical (unpaired) electrons. The Bertz CT molecular complexity index is 1170. The van der Waals surface area contributed by atoms with Gasteiger partial charge in [0.1, 0.15) is 6.04 Å². The molecule has 3 rings (SSSR count). The van der Waals surface area contributed by atoms with E-state index in [9.17, 15) is 14.4 Å². The van der Waals surface area contributed by atoms with Crippen LogP contribution in [0.4, 0.5) is 0 Å². The lowest BCUT2D eigenvalue weighted by atomic mass is 9.95. The number of ether oxygens (including phenoxy) is 1. The Hall–Kier alpha value is -2.77. The molecule has 0 aromatic heterocycles. The molecule has 0 saturated heterocycles. The summed E-state index contributed by atoms with van der Waals surface area (Å²) in [5.41, 5.74) is 3.39. The highest BCUT2D eigenvalue weighted by Gasteiger charge is 2.27. The molecular formula is C29H33NO4S2. The van der Waals surface area contributed by atoms with Gasteiger partial charge in [-0.3, -0.25) is 9.59 Å². The first-order chi connectivity index (χ1) is 17.4. The Morgan fingerprint density at radius 3 is 2.39 bits per heavy atom. The number of aryl methyl sites for hydroxylation is 1. The highest BCUT2D eigenvalue weighted by Crippen LogP contribution is 2.24. The van der Waals surface area contributed by atoms with E-state index >= 15 is 0 Å². The van der Waals surface area contributed by atoms with Gasteiger partial charge < -0.3 is 10.1 Å². The van der Waals surface area contributed by atoms with Gasteiger partial charge in [-0.25, -0.2) is 4.79 Å². The summed E-state index contributed by atoms with van der Waals surface area (Å²) in [5.74, 6) is 0.321. The zero-order chi connectivity index (χ0) is 25.9. The molecule has 3 aromatic carbocycles. The van der Waals surface area contributed by atoms with Crippen LogP contribution in [0.3, 0.4) is 0 Å². The summed E-state index contributed by atoms with van der Waals surface area (Å²) in [6.07, 6.45) is 0.472. The van der Waals surface area contributed by atoms with E-state index in [0.29, 0.717) is 17.9 Å². The summed E-state index contributed by atoms with van der Waals surface area (Å²) in [5, 5.41) is 5.08. The fourth-order valence-corrected chi connectivity index (χ4v) is 5.57. The highest BCUT2D eigenvalue weighted by atomic mass is 32.2. The Morgan fingerprint density at radius 2 is 1.67 bits per heavy atom. The van der Waals surface area contributed by atoms with E-state index < -0.39 is 17.9 Å². The predicted octanol–water partition coefficient (Wildman–Crippen LogP) is 5.57. The van der Waals surface area contributed by atoms with Crippen LogP contribution < -0.4 is 5.32 Å². The molecule has 1 unspecified atom stereocenters. The minimum absolute atomic E-state index is 0.0404. The molecule has 2 atom stereocenters. The van der Waals surface area contributed by atoms with Crippen molar-refractivity contribution < 1.29 is 19.1 Å². The normalized spacial score (nSPS) is 12.6. The SMILES string of the molecule is CCOC(=O)[C@H](CSCc1ccc(C)cc1)NC(=O)C(CSC(C)=O)Cc1cccc2ccccc12. The number of hydrogen-bond acceptors (Lipinski definition) is 6. The quantitative estimate of drug-likeness (QED) is 0.313. The van der Waals surface area contributed by atoms with Crippen molar-refractivity contribution in [3.8, 4) is 0 Å². The van der Waals surface area contributed by atoms with Gasteiger partial charge in [0.05, 0.1) is 12.5 Å². The number of fused-ring (bicyclic) bond motifs is 1. The first kappa shape index (κ1) is 27.8. The molecular weight excluding hydrogens is 490 g/mol. The zero-order valence-corrected chi connectivity index (χ0v) is 22.6. The number of amides is 1. The van der Waals surface area contributed by atoms with Crippen molar-refractivity contribution >= 4 is 51.3 Å². The Labute approximate surface area is 221 Å². The monoisotopic (exact) mass is 523 g/mol. The summed E-state index contributed by atoms with van der Waals surface area (Å²) in [4.78, 5) is 37.8. The summed E-state index contributed by atoms with van der Waals surface area (Å²) in [7, 11) is 0. The molecule has 7 heteroatoms. The van der Waals surface area contributed by atoms with Crippen LogP contribution in [0.5, 0.6) is 0 Å². The van der Waals surface area contributed by atoms with E-state index in [4.69, 9.17) is 4.74 Å². The largest absolute Gasteiger partial charge is 0.464 e. The maximum Gasteiger partial charge on any atom is 0.329 e. The molecule has 0 heterocycles. The molecule has 0 spiro atoms. The van der Waals surface area contributed by atoms with Crippen molar-refractivity contribution in [2.75, 3.05) is 18.1 Å². The number of hydrogen-bond donors (Lipinski definition) is 1. The average molecular weight is 524 g/mol. The summed E-state index contributed by atoms with van der Waals surface area (Å²) >= 11 is 2.71. The maximum atomic E-state index is 13.4. The summed E-state index contributed by atoms with van der Waals surface area (Å²) < 4.78 is 5.25. The van der Waals surface area contributed by atoms with Crippen LogP contribution in [0.2, 0.25) is 0 Å². The van der Waals surface area contributed by atoms with Crippen molar-refractivity contribution in [2.45, 2.75) is 39.0 Å². The molecule has 190 valence electrons. The number of esters is 1. The zero-order valence-electron chi connectivity index (χ0n) is 21.0. The first-order valence-corrected chi connectivity index (χ1v) is 14.2. The van der Waals surface area contributed by atoms with Gasteiger partial charge in [-0.2, -0.15) is 11.8 Å². The molecule has 0 saturated carbocycles. The van der Waals surface area contributed by atoms with Crippen LogP contribution >= 0.6 is 23.5 Å². The molecule has 36 heavy (non-hydrogen) atoms. The van der Waals surface area contributed by atoms with Crippen molar-refractivity contribution in [1.82, 2.24) is 5.32 Å². The fourth-order valence-electron chi connectivity index (χ4n) is 3.86. The lowest BCUT2D eigenvalue weighted by Gasteiger charge is -2.22. The molecule has 1 N–H and O–H groups in total. The van der Waals surface area contributed by atoms with E-state index in [1.807, 2.05) is 49.4 Å². The van der Waals surface area contributed by atoms with Crippen LogP contribution in [0, 0.1) is 12.8 Å². The smallest absolute Gasteiger partial charge is 0.329 e. The minimum atomic E-state index is -0.759. The number of thioether (sulfide) groups is 2. The molecule has 5 nitrogen and oxygen atoms in total. The molecule has 0 aliphatic carbocycles. The maximum absolute atomic E-state index is 13.4. The van der Waals surface area contributed by atoms with Crippen molar-refractivity contribution in [2.24, 2.45) is 5.92 Å². The van der Waals surface area contributed by atoms with E-state index in [-0.39, 0.29) is 17.6 Å². The van der Waals surface area contributed by atoms with Crippen molar-refractivity contribution in [3.63, 3.8) is 0 Å². The van der Waals surface area contributed by atoms with E-state index in [1.165, 1.54) is 12.5 Å². The van der Waals surface area contributed by atoms with Crippen molar-refractivity contribution in [3.05, 3.63) is 83.4 Å². The number of rotatable bonds is 12. The third kappa shape index (κ3) is 8.42. The van der Waals surface area contributed by atoms with Gasteiger partial charge in [0.15, 0.2) is 5.12 Å². The summed E-state index contributed by atoms with van der Waals surface area (Å²) in [6, 6.07) is 21.6. The Morgan fingerprint density at radius 1 is 0.944 bits per heavy atom. The minimum Gasteiger partial charge on any atom is -0.464 e. The third-order valence-corrected chi connectivity index (χ3v) is 7.85. The van der Waals surface area contributed by atoms with Gasteiger partial charge in [0.2, 0.25) is 5.91 Å². The van der Waals surface area contributed by atoms with Gasteiger partial charge in [-0.15, -0.1) is 0 Å². The average Bonchev–Trinajstić information content (AvgIpc) is 2.87. The second-order valence-corrected chi connectivity index (χ2v) is 10.9. The number of benzene rings is 3. The second-order valence-electron chi connectivity index (χ2n) is 8.66. The predicted molar refractivity (Wildman–Crippen MR) is 150 cm³/mol. The number of nitrogens with one attached hydrogen (secondary N) is 1. The third-order valence-electron chi connectivity index (χ3n) is 5.77. The van der Waals surface area contributed by atoms with Crippen LogP contribution in [0.25, 0.3) is 10.8 Å². The molecule has 0 bridgehead atoms. The number of carbonyl (C=O) groups is 3. The molecule has 0 aliphatic rings. The fraction of sp³-hybridized carbons (Fsp3) is 0.345. The van der Waals surface area contributed by atoms with Gasteiger partial charge in [0.25, 0.3) is 0 Å². The van der Waals surface area contributed by atoms with Gasteiger partial charge >= 0.3 is 5.97 Å². The van der Waals surface area contributed by atoms with Crippen molar-refractivity contribution in [1.29, 1.82) is 0 Å². The van der Waals surface area contributed by atoms with Gasteiger partial charge in [0, 0.05) is 24.2 Å². The second kappa shape index (κ2) is 14.1. The molecule has 1 amide bonds. The highest BCUT2D eigenvalue weighted by molar-refractivity contribution is 8.13.